The quantitative estimate of drug-likeness (QED) is 0.540. The Bertz CT molecular complexity index is 291. The molecule has 3 heteroatoms. The lowest BCUT2D eigenvalue weighted by atomic mass is 10.3. The van der Waals surface area contributed by atoms with Crippen LogP contribution in [-0.4, -0.2) is 11.5 Å². The molecule has 3 nitrogen and oxygen atoms in total. The minimum absolute atomic E-state index is 0.840. The number of hydrogen-bond donors (Lipinski definition) is 2. The second kappa shape index (κ2) is 6.86. The molecule has 0 amide bonds. The summed E-state index contributed by atoms with van der Waals surface area (Å²) < 4.78 is 0. The van der Waals surface area contributed by atoms with Crippen molar-refractivity contribution in [1.29, 1.82) is 0 Å². The van der Waals surface area contributed by atoms with Gasteiger partial charge in [0.25, 0.3) is 0 Å². The van der Waals surface area contributed by atoms with Gasteiger partial charge in [-0.3, -0.25) is 4.98 Å². The molecular weight excluding hydrogens is 174 g/mol. The second-order valence-corrected chi connectivity index (χ2v) is 2.80. The lowest BCUT2D eigenvalue weighted by molar-refractivity contribution is 0.758. The van der Waals surface area contributed by atoms with Crippen LogP contribution in [0.15, 0.2) is 49.0 Å². The summed E-state index contributed by atoms with van der Waals surface area (Å²) in [5, 5.41) is 3.27. The van der Waals surface area contributed by atoms with Crippen molar-refractivity contribution in [3.63, 3.8) is 0 Å². The van der Waals surface area contributed by atoms with Gasteiger partial charge in [0.1, 0.15) is 0 Å². The van der Waals surface area contributed by atoms with Crippen molar-refractivity contribution in [2.24, 2.45) is 5.73 Å². The number of nitrogens with two attached hydrogens (primary N) is 1. The van der Waals surface area contributed by atoms with Crippen LogP contribution in [0.1, 0.15) is 5.56 Å². The van der Waals surface area contributed by atoms with Crippen LogP contribution in [-0.2, 0) is 6.54 Å². The zero-order valence-electron chi connectivity index (χ0n) is 8.06. The molecule has 14 heavy (non-hydrogen) atoms. The summed E-state index contributed by atoms with van der Waals surface area (Å²) in [6, 6.07) is 3.99. The first-order chi connectivity index (χ1) is 6.93. The molecule has 1 rings (SSSR count). The van der Waals surface area contributed by atoms with Crippen LogP contribution in [0.4, 0.5) is 0 Å². The van der Waals surface area contributed by atoms with E-state index in [0.29, 0.717) is 0 Å². The van der Waals surface area contributed by atoms with Gasteiger partial charge in [-0.25, -0.2) is 0 Å². The summed E-state index contributed by atoms with van der Waals surface area (Å²) in [7, 11) is 0. The Labute approximate surface area is 84.4 Å². The zero-order chi connectivity index (χ0) is 10.1. The third-order valence-electron chi connectivity index (χ3n) is 1.70. The van der Waals surface area contributed by atoms with Gasteiger partial charge >= 0.3 is 0 Å². The van der Waals surface area contributed by atoms with E-state index in [4.69, 9.17) is 5.73 Å². The molecule has 0 saturated heterocycles. The summed E-state index contributed by atoms with van der Waals surface area (Å²) in [5.41, 5.74) is 6.41. The predicted octanol–water partition coefficient (Wildman–Crippen LogP) is 1.20. The molecule has 0 aliphatic carbocycles. The molecule has 0 fully saturated rings. The average Bonchev–Trinajstić information content (AvgIpc) is 2.25. The lowest BCUT2D eigenvalue weighted by Gasteiger charge is -2.00. The Kier molecular flexibility index (Phi) is 5.13. The Morgan fingerprint density at radius 3 is 2.79 bits per heavy atom. The van der Waals surface area contributed by atoms with Gasteiger partial charge in [0.15, 0.2) is 0 Å². The van der Waals surface area contributed by atoms with Crippen LogP contribution in [0.2, 0.25) is 0 Å². The van der Waals surface area contributed by atoms with Crippen molar-refractivity contribution in [2.45, 2.75) is 6.54 Å². The van der Waals surface area contributed by atoms with Crippen LogP contribution in [0.25, 0.3) is 0 Å². The molecule has 0 aliphatic heterocycles. The standard InChI is InChI=1S/C11H15N3/c12-6-2-1-3-7-14-10-11-4-8-13-9-5-11/h1-6,8-9,14H,7,10,12H2/b3-1-,6-2-. The van der Waals surface area contributed by atoms with E-state index in [1.165, 1.54) is 11.8 Å². The largest absolute Gasteiger partial charge is 0.405 e. The van der Waals surface area contributed by atoms with Crippen LogP contribution in [0, 0.1) is 0 Å². The fourth-order valence-electron chi connectivity index (χ4n) is 1.01. The van der Waals surface area contributed by atoms with Gasteiger partial charge in [0.05, 0.1) is 0 Å². The van der Waals surface area contributed by atoms with E-state index in [1.54, 1.807) is 18.5 Å². The van der Waals surface area contributed by atoms with Crippen molar-refractivity contribution in [2.75, 3.05) is 6.54 Å². The summed E-state index contributed by atoms with van der Waals surface area (Å²) >= 11 is 0. The van der Waals surface area contributed by atoms with Crippen LogP contribution >= 0.6 is 0 Å². The van der Waals surface area contributed by atoms with Crippen LogP contribution in [0.5, 0.6) is 0 Å². The molecule has 3 N–H and O–H groups in total. The number of aromatic nitrogens is 1. The highest BCUT2D eigenvalue weighted by atomic mass is 14.8. The van der Waals surface area contributed by atoms with Crippen molar-refractivity contribution >= 4 is 0 Å². The van der Waals surface area contributed by atoms with Crippen molar-refractivity contribution in [3.8, 4) is 0 Å². The van der Waals surface area contributed by atoms with Gasteiger partial charge in [-0.15, -0.1) is 0 Å². The van der Waals surface area contributed by atoms with Crippen molar-refractivity contribution in [1.82, 2.24) is 10.3 Å². The Balaban J connectivity index is 2.16. The highest BCUT2D eigenvalue weighted by Gasteiger charge is 1.87. The van der Waals surface area contributed by atoms with Crippen molar-refractivity contribution in [3.05, 3.63) is 54.5 Å². The van der Waals surface area contributed by atoms with Gasteiger partial charge < -0.3 is 11.1 Å². The van der Waals surface area contributed by atoms with E-state index in [1.807, 2.05) is 24.3 Å². The molecule has 0 saturated carbocycles. The molecule has 1 aromatic heterocycles. The molecule has 0 unspecified atom stereocenters. The van der Waals surface area contributed by atoms with E-state index in [2.05, 4.69) is 10.3 Å². The third kappa shape index (κ3) is 4.42. The maximum absolute atomic E-state index is 5.18. The summed E-state index contributed by atoms with van der Waals surface area (Å²) in [5.74, 6) is 0. The van der Waals surface area contributed by atoms with E-state index < -0.39 is 0 Å². The van der Waals surface area contributed by atoms with Gasteiger partial charge in [-0.05, 0) is 30.0 Å². The van der Waals surface area contributed by atoms with Gasteiger partial charge in [0, 0.05) is 25.5 Å². The summed E-state index contributed by atoms with van der Waals surface area (Å²) in [6.45, 7) is 1.70. The molecule has 0 radical (unpaired) electrons. The van der Waals surface area contributed by atoms with Crippen LogP contribution in [0.3, 0.4) is 0 Å². The molecule has 0 spiro atoms. The summed E-state index contributed by atoms with van der Waals surface area (Å²) in [6.07, 6.45) is 10.8. The van der Waals surface area contributed by atoms with Crippen molar-refractivity contribution < 1.29 is 0 Å². The zero-order valence-corrected chi connectivity index (χ0v) is 8.06. The van der Waals surface area contributed by atoms with Gasteiger partial charge in [0.2, 0.25) is 0 Å². The fraction of sp³-hybridized carbons (Fsp3) is 0.182. The normalized spacial score (nSPS) is 11.4. The Morgan fingerprint density at radius 1 is 1.29 bits per heavy atom. The van der Waals surface area contributed by atoms with Gasteiger partial charge in [-0.2, -0.15) is 0 Å². The van der Waals surface area contributed by atoms with Gasteiger partial charge in [-0.1, -0.05) is 12.2 Å². The minimum atomic E-state index is 0.840. The third-order valence-corrected chi connectivity index (χ3v) is 1.70. The molecule has 0 atom stereocenters. The molecule has 74 valence electrons. The van der Waals surface area contributed by atoms with E-state index >= 15 is 0 Å². The Morgan fingerprint density at radius 2 is 2.07 bits per heavy atom. The first-order valence-corrected chi connectivity index (χ1v) is 4.56. The maximum Gasteiger partial charge on any atom is 0.0271 e. The number of nitrogens with one attached hydrogen (secondary N) is 1. The molecule has 0 aromatic carbocycles. The first kappa shape index (κ1) is 10.5. The topological polar surface area (TPSA) is 50.9 Å². The fourth-order valence-corrected chi connectivity index (χ4v) is 1.01. The highest BCUT2D eigenvalue weighted by molar-refractivity contribution is 5.09. The highest BCUT2D eigenvalue weighted by Crippen LogP contribution is 1.94. The predicted molar refractivity (Wildman–Crippen MR) is 58.4 cm³/mol. The number of nitrogens with zero attached hydrogens (tertiary/aromatic N) is 1. The number of rotatable bonds is 5. The van der Waals surface area contributed by atoms with E-state index in [9.17, 15) is 0 Å². The number of pyridine rings is 1. The Hall–Kier alpha value is -1.61. The van der Waals surface area contributed by atoms with E-state index in [0.717, 1.165) is 13.1 Å². The second-order valence-electron chi connectivity index (χ2n) is 2.80. The van der Waals surface area contributed by atoms with E-state index in [-0.39, 0.29) is 0 Å². The molecule has 0 bridgehead atoms. The maximum atomic E-state index is 5.18. The smallest absolute Gasteiger partial charge is 0.0271 e. The molecule has 1 aromatic rings. The first-order valence-electron chi connectivity index (χ1n) is 4.56. The van der Waals surface area contributed by atoms with Crippen LogP contribution < -0.4 is 11.1 Å². The average molecular weight is 189 g/mol. The summed E-state index contributed by atoms with van der Waals surface area (Å²) in [4.78, 5) is 3.95. The number of allylic oxidation sites excluding steroid dienone is 2. The SMILES string of the molecule is N/C=C\C=C/CNCc1ccncc1. The molecule has 1 heterocycles. The lowest BCUT2D eigenvalue weighted by Crippen LogP contribution is -2.12. The molecule has 0 aliphatic rings. The number of hydrogen-bond acceptors (Lipinski definition) is 3. The monoisotopic (exact) mass is 189 g/mol. The minimum Gasteiger partial charge on any atom is -0.405 e. The molecular formula is C11H15N3.